The predicted molar refractivity (Wildman–Crippen MR) is 72.3 cm³/mol. The first-order chi connectivity index (χ1) is 8.61. The Balaban J connectivity index is 2.02. The van der Waals surface area contributed by atoms with Crippen molar-refractivity contribution in [1.82, 2.24) is 4.90 Å². The molecule has 0 spiro atoms. The van der Waals surface area contributed by atoms with Crippen LogP contribution in [0.4, 0.5) is 0 Å². The summed E-state index contributed by atoms with van der Waals surface area (Å²) in [5, 5.41) is 0.523. The molecule has 0 heterocycles. The van der Waals surface area contributed by atoms with Gasteiger partial charge < -0.3 is 9.64 Å². The molecule has 0 aliphatic heterocycles. The predicted octanol–water partition coefficient (Wildman–Crippen LogP) is 3.22. The fourth-order valence-corrected chi connectivity index (χ4v) is 2.09. The van der Waals surface area contributed by atoms with E-state index in [1.165, 1.54) is 12.8 Å². The lowest BCUT2D eigenvalue weighted by Crippen LogP contribution is -2.28. The molecule has 0 saturated heterocycles. The molecule has 1 fully saturated rings. The number of rotatable bonds is 5. The fourth-order valence-electron chi connectivity index (χ4n) is 1.90. The van der Waals surface area contributed by atoms with E-state index in [-0.39, 0.29) is 5.91 Å². The van der Waals surface area contributed by atoms with Crippen molar-refractivity contribution in [1.29, 1.82) is 0 Å². The van der Waals surface area contributed by atoms with Crippen molar-refractivity contribution in [3.8, 4) is 5.75 Å². The highest BCUT2D eigenvalue weighted by Gasteiger charge is 2.22. The van der Waals surface area contributed by atoms with Gasteiger partial charge in [-0.25, -0.2) is 0 Å². The van der Waals surface area contributed by atoms with E-state index in [4.69, 9.17) is 16.3 Å². The summed E-state index contributed by atoms with van der Waals surface area (Å²) >= 11 is 5.94. The van der Waals surface area contributed by atoms with Crippen molar-refractivity contribution >= 4 is 17.5 Å². The lowest BCUT2D eigenvalue weighted by molar-refractivity contribution is 0.0791. The summed E-state index contributed by atoms with van der Waals surface area (Å²) in [5.74, 6) is 1.39. The molecule has 0 N–H and O–H groups in total. The van der Waals surface area contributed by atoms with Crippen LogP contribution < -0.4 is 4.74 Å². The van der Waals surface area contributed by atoms with Crippen LogP contribution in [-0.2, 0) is 0 Å². The van der Waals surface area contributed by atoms with Crippen LogP contribution >= 0.6 is 11.6 Å². The van der Waals surface area contributed by atoms with Crippen LogP contribution in [0.2, 0.25) is 5.02 Å². The van der Waals surface area contributed by atoms with Gasteiger partial charge in [0.05, 0.1) is 12.1 Å². The Morgan fingerprint density at radius 2 is 2.22 bits per heavy atom. The molecule has 1 aromatic carbocycles. The number of ether oxygens (including phenoxy) is 1. The number of benzene rings is 1. The Kier molecular flexibility index (Phi) is 4.12. The molecule has 1 aliphatic carbocycles. The zero-order valence-electron chi connectivity index (χ0n) is 10.8. The summed E-state index contributed by atoms with van der Waals surface area (Å²) in [4.78, 5) is 13.9. The van der Waals surface area contributed by atoms with Crippen LogP contribution in [-0.4, -0.2) is 31.5 Å². The molecule has 1 aliphatic rings. The van der Waals surface area contributed by atoms with Crippen LogP contribution in [0.25, 0.3) is 0 Å². The van der Waals surface area contributed by atoms with Crippen molar-refractivity contribution in [2.24, 2.45) is 5.92 Å². The van der Waals surface area contributed by atoms with Gasteiger partial charge in [0.2, 0.25) is 0 Å². The summed E-state index contributed by atoms with van der Waals surface area (Å²) < 4.78 is 5.12. The molecule has 0 aromatic heterocycles. The molecule has 98 valence electrons. The van der Waals surface area contributed by atoms with Crippen LogP contribution in [0.1, 0.15) is 29.6 Å². The smallest absolute Gasteiger partial charge is 0.253 e. The summed E-state index contributed by atoms with van der Waals surface area (Å²) in [7, 11) is 3.39. The second-order valence-corrected chi connectivity index (χ2v) is 5.22. The molecule has 1 saturated carbocycles. The van der Waals surface area contributed by atoms with E-state index in [2.05, 4.69) is 0 Å². The highest BCUT2D eigenvalue weighted by Crippen LogP contribution is 2.32. The molecular weight excluding hydrogens is 250 g/mol. The lowest BCUT2D eigenvalue weighted by atomic mass is 10.2. The van der Waals surface area contributed by atoms with Crippen molar-refractivity contribution in [2.45, 2.75) is 19.3 Å². The van der Waals surface area contributed by atoms with E-state index in [0.717, 1.165) is 18.9 Å². The molecule has 3 nitrogen and oxygen atoms in total. The maximum absolute atomic E-state index is 12.2. The minimum Gasteiger partial charge on any atom is -0.495 e. The highest BCUT2D eigenvalue weighted by molar-refractivity contribution is 6.32. The summed E-state index contributed by atoms with van der Waals surface area (Å²) in [6.45, 7) is 0.814. The second kappa shape index (κ2) is 5.61. The van der Waals surface area contributed by atoms with E-state index >= 15 is 0 Å². The molecule has 0 bridgehead atoms. The summed E-state index contributed by atoms with van der Waals surface area (Å²) in [5.41, 5.74) is 0.620. The standard InChI is InChI=1S/C14H18ClNO2/c1-16(8-7-10-3-4-10)14(17)11-5-6-12(15)13(9-11)18-2/h5-6,9-10H,3-4,7-8H2,1-2H3. The lowest BCUT2D eigenvalue weighted by Gasteiger charge is -2.17. The maximum Gasteiger partial charge on any atom is 0.253 e. The monoisotopic (exact) mass is 267 g/mol. The molecule has 0 atom stereocenters. The molecule has 18 heavy (non-hydrogen) atoms. The van der Waals surface area contributed by atoms with Crippen LogP contribution in [0.5, 0.6) is 5.75 Å². The van der Waals surface area contributed by atoms with E-state index < -0.39 is 0 Å². The minimum atomic E-state index is 0.0191. The third-order valence-corrected chi connectivity index (χ3v) is 3.63. The SMILES string of the molecule is COc1cc(C(=O)N(C)CCC2CC2)ccc1Cl. The molecule has 4 heteroatoms. The Bertz CT molecular complexity index is 443. The van der Waals surface area contributed by atoms with Gasteiger partial charge in [0.1, 0.15) is 5.75 Å². The van der Waals surface area contributed by atoms with Gasteiger partial charge in [0.15, 0.2) is 0 Å². The first kappa shape index (κ1) is 13.2. The van der Waals surface area contributed by atoms with Crippen molar-refractivity contribution < 1.29 is 9.53 Å². The van der Waals surface area contributed by atoms with Crippen LogP contribution in [0.3, 0.4) is 0 Å². The third-order valence-electron chi connectivity index (χ3n) is 3.31. The number of carbonyl (C=O) groups excluding carboxylic acids is 1. The zero-order chi connectivity index (χ0) is 13.1. The Morgan fingerprint density at radius 3 is 2.83 bits per heavy atom. The van der Waals surface area contributed by atoms with Crippen LogP contribution in [0, 0.1) is 5.92 Å². The van der Waals surface area contributed by atoms with Gasteiger partial charge in [-0.1, -0.05) is 24.4 Å². The number of hydrogen-bond acceptors (Lipinski definition) is 2. The van der Waals surface area contributed by atoms with Crippen molar-refractivity contribution in [2.75, 3.05) is 20.7 Å². The van der Waals surface area contributed by atoms with Gasteiger partial charge in [0, 0.05) is 19.2 Å². The quantitative estimate of drug-likeness (QED) is 0.820. The third kappa shape index (κ3) is 3.16. The van der Waals surface area contributed by atoms with Crippen molar-refractivity contribution in [3.63, 3.8) is 0 Å². The zero-order valence-corrected chi connectivity index (χ0v) is 11.5. The number of halogens is 1. The van der Waals surface area contributed by atoms with E-state index in [0.29, 0.717) is 16.3 Å². The van der Waals surface area contributed by atoms with E-state index in [1.807, 2.05) is 7.05 Å². The highest BCUT2D eigenvalue weighted by atomic mass is 35.5. The van der Waals surface area contributed by atoms with Gasteiger partial charge in [0.25, 0.3) is 5.91 Å². The largest absolute Gasteiger partial charge is 0.495 e. The van der Waals surface area contributed by atoms with Gasteiger partial charge in [-0.05, 0) is 30.5 Å². The number of methoxy groups -OCH3 is 1. The Labute approximate surface area is 113 Å². The molecule has 2 rings (SSSR count). The summed E-state index contributed by atoms with van der Waals surface area (Å²) in [6, 6.07) is 5.13. The average Bonchev–Trinajstić information content (AvgIpc) is 3.19. The Hall–Kier alpha value is -1.22. The molecule has 1 amide bonds. The molecule has 0 unspecified atom stereocenters. The molecule has 1 aromatic rings. The van der Waals surface area contributed by atoms with Crippen molar-refractivity contribution in [3.05, 3.63) is 28.8 Å². The number of carbonyl (C=O) groups is 1. The normalized spacial score (nSPS) is 14.4. The van der Waals surface area contributed by atoms with E-state index in [9.17, 15) is 4.79 Å². The maximum atomic E-state index is 12.2. The minimum absolute atomic E-state index is 0.0191. The van der Waals surface area contributed by atoms with Crippen LogP contribution in [0.15, 0.2) is 18.2 Å². The molecular formula is C14H18ClNO2. The fraction of sp³-hybridized carbons (Fsp3) is 0.500. The van der Waals surface area contributed by atoms with Gasteiger partial charge in [-0.2, -0.15) is 0 Å². The first-order valence-corrected chi connectivity index (χ1v) is 6.58. The number of hydrogen-bond donors (Lipinski definition) is 0. The van der Waals surface area contributed by atoms with Gasteiger partial charge in [-0.3, -0.25) is 4.79 Å². The molecule has 0 radical (unpaired) electrons. The first-order valence-electron chi connectivity index (χ1n) is 6.21. The number of amides is 1. The summed E-state index contributed by atoms with van der Waals surface area (Å²) in [6.07, 6.45) is 3.74. The number of nitrogens with zero attached hydrogens (tertiary/aromatic N) is 1. The Morgan fingerprint density at radius 1 is 1.50 bits per heavy atom. The van der Waals surface area contributed by atoms with Gasteiger partial charge >= 0.3 is 0 Å². The van der Waals surface area contributed by atoms with Gasteiger partial charge in [-0.15, -0.1) is 0 Å². The topological polar surface area (TPSA) is 29.5 Å². The van der Waals surface area contributed by atoms with E-state index in [1.54, 1.807) is 30.2 Å². The average molecular weight is 268 g/mol. The second-order valence-electron chi connectivity index (χ2n) is 4.81.